The Morgan fingerprint density at radius 3 is 1.91 bits per heavy atom. The molecule has 64 valence electrons. The minimum atomic E-state index is -2.46. The third kappa shape index (κ3) is 1.12. The Labute approximate surface area is 66.2 Å². The summed E-state index contributed by atoms with van der Waals surface area (Å²) in [6.45, 7) is 3.14. The average molecular weight is 176 g/mol. The summed E-state index contributed by atoms with van der Waals surface area (Å²) in [7, 11) is -2.46. The van der Waals surface area contributed by atoms with Gasteiger partial charge in [0.05, 0.1) is 7.14 Å². The Morgan fingerprint density at radius 2 is 1.91 bits per heavy atom. The first-order valence-corrected chi connectivity index (χ1v) is 6.29. The van der Waals surface area contributed by atoms with Crippen molar-refractivity contribution in [2.24, 2.45) is 0 Å². The van der Waals surface area contributed by atoms with Crippen LogP contribution in [0, 0.1) is 0 Å². The maximum atomic E-state index is 11.6. The van der Waals surface area contributed by atoms with E-state index in [0.717, 1.165) is 6.42 Å². The zero-order valence-corrected chi connectivity index (χ0v) is 7.73. The van der Waals surface area contributed by atoms with Crippen molar-refractivity contribution in [3.8, 4) is 0 Å². The summed E-state index contributed by atoms with van der Waals surface area (Å²) in [5.41, 5.74) is 0. The van der Waals surface area contributed by atoms with E-state index < -0.39 is 18.3 Å². The summed E-state index contributed by atoms with van der Waals surface area (Å²) in [5.74, 6) is -0.878. The molecular weight excluding hydrogens is 163 g/mol. The van der Waals surface area contributed by atoms with Gasteiger partial charge in [-0.3, -0.25) is 4.79 Å². The molecule has 1 fully saturated rings. The molecule has 11 heavy (non-hydrogen) atoms. The van der Waals surface area contributed by atoms with Crippen LogP contribution in [0.3, 0.4) is 0 Å². The zero-order chi connectivity index (χ0) is 8.70. The number of hydrogen-bond donors (Lipinski definition) is 1. The monoisotopic (exact) mass is 176 g/mol. The van der Waals surface area contributed by atoms with Crippen molar-refractivity contribution in [3.05, 3.63) is 0 Å². The molecule has 0 amide bonds. The Hall–Kier alpha value is -0.300. The second kappa shape index (κ2) is 2.34. The zero-order valence-electron chi connectivity index (χ0n) is 6.83. The van der Waals surface area contributed by atoms with Gasteiger partial charge in [0, 0.05) is 0 Å². The van der Waals surface area contributed by atoms with E-state index in [1.165, 1.54) is 0 Å². The minimum Gasteiger partial charge on any atom is -0.480 e. The van der Waals surface area contributed by atoms with E-state index in [1.807, 2.05) is 0 Å². The van der Waals surface area contributed by atoms with Gasteiger partial charge in [-0.2, -0.15) is 0 Å². The topological polar surface area (TPSA) is 54.4 Å². The van der Waals surface area contributed by atoms with E-state index in [0.29, 0.717) is 12.8 Å². The number of hydrogen-bond acceptors (Lipinski definition) is 2. The predicted octanol–water partition coefficient (Wildman–Crippen LogP) is 1.62. The molecule has 0 saturated heterocycles. The molecule has 0 heterocycles. The van der Waals surface area contributed by atoms with Crippen LogP contribution in [-0.2, 0) is 9.36 Å². The van der Waals surface area contributed by atoms with Crippen LogP contribution in [0.5, 0.6) is 0 Å². The SMILES string of the molecule is CP(C)(=O)C1(C(=O)O)CCC1. The van der Waals surface area contributed by atoms with Crippen LogP contribution >= 0.6 is 7.14 Å². The predicted molar refractivity (Wildman–Crippen MR) is 43.7 cm³/mol. The first kappa shape index (κ1) is 8.79. The maximum Gasteiger partial charge on any atom is 0.317 e. The molecule has 0 atom stereocenters. The second-order valence-electron chi connectivity index (χ2n) is 3.54. The van der Waals surface area contributed by atoms with E-state index in [4.69, 9.17) is 5.11 Å². The summed E-state index contributed by atoms with van der Waals surface area (Å²) < 4.78 is 11.6. The van der Waals surface area contributed by atoms with Gasteiger partial charge in [-0.05, 0) is 26.2 Å². The van der Waals surface area contributed by atoms with Gasteiger partial charge in [-0.15, -0.1) is 0 Å². The lowest BCUT2D eigenvalue weighted by molar-refractivity contribution is -0.142. The Bertz CT molecular complexity index is 224. The number of aliphatic carboxylic acids is 1. The molecule has 0 unspecified atom stereocenters. The standard InChI is InChI=1S/C7H13O3P/c1-11(2,10)7(6(8)9)4-3-5-7/h3-5H2,1-2H3,(H,8,9). The second-order valence-corrected chi connectivity index (χ2v) is 7.10. The molecule has 1 saturated carbocycles. The van der Waals surface area contributed by atoms with Crippen molar-refractivity contribution < 1.29 is 14.5 Å². The highest BCUT2D eigenvalue weighted by molar-refractivity contribution is 7.65. The van der Waals surface area contributed by atoms with Crippen LogP contribution in [0.4, 0.5) is 0 Å². The molecule has 0 aliphatic heterocycles. The van der Waals surface area contributed by atoms with Crippen LogP contribution in [-0.4, -0.2) is 29.6 Å². The van der Waals surface area contributed by atoms with Crippen molar-refractivity contribution >= 4 is 13.1 Å². The van der Waals surface area contributed by atoms with Crippen LogP contribution in [0.2, 0.25) is 0 Å². The Kier molecular flexibility index (Phi) is 1.87. The molecule has 1 N–H and O–H groups in total. The molecule has 1 aliphatic rings. The summed E-state index contributed by atoms with van der Waals surface area (Å²) in [6, 6.07) is 0. The molecule has 0 aromatic rings. The summed E-state index contributed by atoms with van der Waals surface area (Å²) >= 11 is 0. The molecule has 0 aromatic heterocycles. The highest BCUT2D eigenvalue weighted by Crippen LogP contribution is 2.61. The van der Waals surface area contributed by atoms with Gasteiger partial charge < -0.3 is 9.67 Å². The van der Waals surface area contributed by atoms with Crippen molar-refractivity contribution in [2.45, 2.75) is 24.4 Å². The summed E-state index contributed by atoms with van der Waals surface area (Å²) in [5, 5.41) is 7.98. The Balaban J connectivity index is 2.94. The number of rotatable bonds is 2. The molecule has 0 spiro atoms. The van der Waals surface area contributed by atoms with Crippen LogP contribution < -0.4 is 0 Å². The molecular formula is C7H13O3P. The lowest BCUT2D eigenvalue weighted by atomic mass is 9.84. The van der Waals surface area contributed by atoms with Gasteiger partial charge in [0.1, 0.15) is 5.16 Å². The fourth-order valence-corrected chi connectivity index (χ4v) is 3.35. The Morgan fingerprint density at radius 1 is 1.45 bits per heavy atom. The first-order valence-electron chi connectivity index (χ1n) is 3.69. The third-order valence-electron chi connectivity index (χ3n) is 2.61. The summed E-state index contributed by atoms with van der Waals surface area (Å²) in [6.07, 6.45) is 2.08. The maximum absolute atomic E-state index is 11.6. The fraction of sp³-hybridized carbons (Fsp3) is 0.857. The number of carbonyl (C=O) groups is 1. The molecule has 3 nitrogen and oxygen atoms in total. The van der Waals surface area contributed by atoms with Crippen LogP contribution in [0.25, 0.3) is 0 Å². The van der Waals surface area contributed by atoms with E-state index in [9.17, 15) is 9.36 Å². The van der Waals surface area contributed by atoms with E-state index >= 15 is 0 Å². The minimum absolute atomic E-state index is 0.590. The van der Waals surface area contributed by atoms with E-state index in [1.54, 1.807) is 13.3 Å². The van der Waals surface area contributed by atoms with Gasteiger partial charge in [0.25, 0.3) is 0 Å². The molecule has 0 radical (unpaired) electrons. The van der Waals surface area contributed by atoms with Crippen LogP contribution in [0.1, 0.15) is 19.3 Å². The van der Waals surface area contributed by atoms with Crippen molar-refractivity contribution in [3.63, 3.8) is 0 Å². The molecule has 0 aromatic carbocycles. The third-order valence-corrected chi connectivity index (χ3v) is 5.31. The lowest BCUT2D eigenvalue weighted by Crippen LogP contribution is -2.44. The van der Waals surface area contributed by atoms with Gasteiger partial charge in [-0.1, -0.05) is 6.42 Å². The summed E-state index contributed by atoms with van der Waals surface area (Å²) in [4.78, 5) is 10.8. The molecule has 1 rings (SSSR count). The average Bonchev–Trinajstić information content (AvgIpc) is 1.52. The molecule has 4 heteroatoms. The van der Waals surface area contributed by atoms with Gasteiger partial charge in [-0.25, -0.2) is 0 Å². The largest absolute Gasteiger partial charge is 0.480 e. The fourth-order valence-electron chi connectivity index (χ4n) is 1.49. The smallest absolute Gasteiger partial charge is 0.317 e. The number of carboxylic acid groups (broad SMARTS) is 1. The normalized spacial score (nSPS) is 22.4. The molecule has 1 aliphatic carbocycles. The highest BCUT2D eigenvalue weighted by atomic mass is 31.2. The van der Waals surface area contributed by atoms with Crippen molar-refractivity contribution in [1.82, 2.24) is 0 Å². The van der Waals surface area contributed by atoms with Gasteiger partial charge in [0.15, 0.2) is 0 Å². The van der Waals surface area contributed by atoms with Crippen molar-refractivity contribution in [2.75, 3.05) is 13.3 Å². The van der Waals surface area contributed by atoms with Gasteiger partial charge in [0.2, 0.25) is 0 Å². The van der Waals surface area contributed by atoms with E-state index in [2.05, 4.69) is 0 Å². The van der Waals surface area contributed by atoms with Gasteiger partial charge >= 0.3 is 5.97 Å². The number of carboxylic acids is 1. The van der Waals surface area contributed by atoms with E-state index in [-0.39, 0.29) is 0 Å². The quantitative estimate of drug-likeness (QED) is 0.650. The lowest BCUT2D eigenvalue weighted by Gasteiger charge is -2.40. The first-order chi connectivity index (χ1) is 4.90. The highest BCUT2D eigenvalue weighted by Gasteiger charge is 2.53. The van der Waals surface area contributed by atoms with Crippen molar-refractivity contribution in [1.29, 1.82) is 0 Å². The molecule has 0 bridgehead atoms. The van der Waals surface area contributed by atoms with Crippen LogP contribution in [0.15, 0.2) is 0 Å².